The average molecular weight is 466 g/mol. The smallest absolute Gasteiger partial charge is 0.256 e. The topological polar surface area (TPSA) is 88.2 Å². The number of methoxy groups -OCH3 is 2. The number of fused-ring (bicyclic) bond motifs is 1. The van der Waals surface area contributed by atoms with Crippen molar-refractivity contribution in [1.82, 2.24) is 9.80 Å². The first-order valence-corrected chi connectivity index (χ1v) is 11.6. The van der Waals surface area contributed by atoms with Crippen LogP contribution in [0.4, 0.5) is 5.69 Å². The highest BCUT2D eigenvalue weighted by atomic mass is 16.5. The summed E-state index contributed by atoms with van der Waals surface area (Å²) in [4.78, 5) is 42.3. The van der Waals surface area contributed by atoms with Gasteiger partial charge in [0.2, 0.25) is 11.8 Å². The molecule has 0 aromatic heterocycles. The van der Waals surface area contributed by atoms with Gasteiger partial charge in [0, 0.05) is 32.6 Å². The number of likely N-dealkylation sites (tertiary alicyclic amines) is 1. The summed E-state index contributed by atoms with van der Waals surface area (Å²) in [7, 11) is 3.02. The maximum atomic E-state index is 13.3. The SMILES string of the molecule is COc1cc(NC(=O)CC2c3ccccc3CCN2C(C)=O)c(C(=O)N2CCCC2)cc1OC. The number of amides is 3. The minimum absolute atomic E-state index is 0.0664. The van der Waals surface area contributed by atoms with Crippen molar-refractivity contribution in [3.05, 3.63) is 53.1 Å². The monoisotopic (exact) mass is 465 g/mol. The summed E-state index contributed by atoms with van der Waals surface area (Å²) in [6.45, 7) is 3.47. The Morgan fingerprint density at radius 2 is 1.68 bits per heavy atom. The van der Waals surface area contributed by atoms with E-state index in [1.807, 2.05) is 24.3 Å². The molecule has 0 saturated carbocycles. The largest absolute Gasteiger partial charge is 0.493 e. The second kappa shape index (κ2) is 10.2. The van der Waals surface area contributed by atoms with Gasteiger partial charge in [0.1, 0.15) is 0 Å². The second-order valence-electron chi connectivity index (χ2n) is 8.68. The van der Waals surface area contributed by atoms with Gasteiger partial charge < -0.3 is 24.6 Å². The molecule has 180 valence electrons. The molecule has 1 N–H and O–H groups in total. The van der Waals surface area contributed by atoms with E-state index in [-0.39, 0.29) is 30.2 Å². The third kappa shape index (κ3) is 4.71. The standard InChI is InChI=1S/C26H31N3O5/c1-17(30)29-13-10-18-8-4-5-9-19(18)22(29)16-25(31)27-21-15-24(34-3)23(33-2)14-20(21)26(32)28-11-6-7-12-28/h4-5,8-9,14-15,22H,6-7,10-13,16H2,1-3H3,(H,27,31). The Morgan fingerprint density at radius 3 is 2.35 bits per heavy atom. The molecule has 4 rings (SSSR count). The lowest BCUT2D eigenvalue weighted by molar-refractivity contribution is -0.132. The van der Waals surface area contributed by atoms with Crippen LogP contribution < -0.4 is 14.8 Å². The van der Waals surface area contributed by atoms with Crippen molar-refractivity contribution in [1.29, 1.82) is 0 Å². The summed E-state index contributed by atoms with van der Waals surface area (Å²) in [5.74, 6) is 0.345. The van der Waals surface area contributed by atoms with Crippen LogP contribution in [-0.4, -0.2) is 61.4 Å². The summed E-state index contributed by atoms with van der Waals surface area (Å²) >= 11 is 0. The van der Waals surface area contributed by atoms with E-state index in [1.54, 1.807) is 21.9 Å². The summed E-state index contributed by atoms with van der Waals surface area (Å²) in [6.07, 6.45) is 2.77. The first-order chi connectivity index (χ1) is 16.4. The molecule has 0 aliphatic carbocycles. The van der Waals surface area contributed by atoms with Gasteiger partial charge >= 0.3 is 0 Å². The van der Waals surface area contributed by atoms with Crippen LogP contribution in [0, 0.1) is 0 Å². The highest BCUT2D eigenvalue weighted by Gasteiger charge is 2.31. The molecule has 1 atom stereocenters. The molecule has 2 aromatic rings. The van der Waals surface area contributed by atoms with E-state index in [1.165, 1.54) is 21.1 Å². The number of carbonyl (C=O) groups is 3. The third-order valence-corrected chi connectivity index (χ3v) is 6.62. The Hall–Kier alpha value is -3.55. The van der Waals surface area contributed by atoms with Crippen LogP contribution in [-0.2, 0) is 16.0 Å². The number of rotatable bonds is 6. The van der Waals surface area contributed by atoms with Crippen LogP contribution in [0.15, 0.2) is 36.4 Å². The van der Waals surface area contributed by atoms with Gasteiger partial charge in [-0.2, -0.15) is 0 Å². The number of hydrogen-bond acceptors (Lipinski definition) is 5. The quantitative estimate of drug-likeness (QED) is 0.706. The van der Waals surface area contributed by atoms with Gasteiger partial charge in [-0.1, -0.05) is 24.3 Å². The van der Waals surface area contributed by atoms with Crippen molar-refractivity contribution < 1.29 is 23.9 Å². The van der Waals surface area contributed by atoms with E-state index < -0.39 is 0 Å². The normalized spacial score (nSPS) is 17.2. The first kappa shape index (κ1) is 23.6. The van der Waals surface area contributed by atoms with Crippen molar-refractivity contribution in [3.63, 3.8) is 0 Å². The van der Waals surface area contributed by atoms with Gasteiger partial charge in [-0.15, -0.1) is 0 Å². The fourth-order valence-electron chi connectivity index (χ4n) is 4.88. The van der Waals surface area contributed by atoms with Crippen molar-refractivity contribution >= 4 is 23.4 Å². The second-order valence-corrected chi connectivity index (χ2v) is 8.68. The molecule has 2 heterocycles. The lowest BCUT2D eigenvalue weighted by atomic mass is 9.90. The molecule has 8 nitrogen and oxygen atoms in total. The Bertz CT molecular complexity index is 1090. The molecule has 34 heavy (non-hydrogen) atoms. The maximum Gasteiger partial charge on any atom is 0.256 e. The summed E-state index contributed by atoms with van der Waals surface area (Å²) in [5, 5.41) is 2.92. The van der Waals surface area contributed by atoms with Gasteiger partial charge in [0.15, 0.2) is 11.5 Å². The molecule has 2 aliphatic rings. The predicted molar refractivity (Wildman–Crippen MR) is 128 cm³/mol. The number of nitrogens with zero attached hydrogens (tertiary/aromatic N) is 2. The molecule has 2 aliphatic heterocycles. The molecule has 0 spiro atoms. The number of hydrogen-bond donors (Lipinski definition) is 1. The maximum absolute atomic E-state index is 13.3. The zero-order chi connectivity index (χ0) is 24.2. The molecule has 2 aromatic carbocycles. The number of carbonyl (C=O) groups excluding carboxylic acids is 3. The molecule has 3 amide bonds. The van der Waals surface area contributed by atoms with Crippen LogP contribution in [0.2, 0.25) is 0 Å². The van der Waals surface area contributed by atoms with Gasteiger partial charge in [-0.25, -0.2) is 0 Å². The van der Waals surface area contributed by atoms with E-state index in [0.717, 1.165) is 30.4 Å². The number of ether oxygens (including phenoxy) is 2. The van der Waals surface area contributed by atoms with Crippen molar-refractivity contribution in [3.8, 4) is 11.5 Å². The molecule has 1 unspecified atom stereocenters. The highest BCUT2D eigenvalue weighted by molar-refractivity contribution is 6.05. The van der Waals surface area contributed by atoms with E-state index >= 15 is 0 Å². The van der Waals surface area contributed by atoms with Gasteiger partial charge in [0.25, 0.3) is 5.91 Å². The van der Waals surface area contributed by atoms with E-state index in [9.17, 15) is 14.4 Å². The lowest BCUT2D eigenvalue weighted by Gasteiger charge is -2.36. The molecule has 1 fully saturated rings. The van der Waals surface area contributed by atoms with Crippen LogP contribution in [0.1, 0.15) is 53.7 Å². The van der Waals surface area contributed by atoms with Gasteiger partial charge in [-0.3, -0.25) is 14.4 Å². The molecular weight excluding hydrogens is 434 g/mol. The van der Waals surface area contributed by atoms with E-state index in [4.69, 9.17) is 9.47 Å². The molecule has 0 radical (unpaired) electrons. The zero-order valence-corrected chi connectivity index (χ0v) is 19.9. The molecule has 8 heteroatoms. The number of nitrogens with one attached hydrogen (secondary N) is 1. The zero-order valence-electron chi connectivity index (χ0n) is 19.9. The summed E-state index contributed by atoms with van der Waals surface area (Å²) in [6, 6.07) is 10.8. The predicted octanol–water partition coefficient (Wildman–Crippen LogP) is 3.41. The average Bonchev–Trinajstić information content (AvgIpc) is 3.38. The van der Waals surface area contributed by atoms with Crippen LogP contribution in [0.3, 0.4) is 0 Å². The Kier molecular flexibility index (Phi) is 7.05. The van der Waals surface area contributed by atoms with Crippen molar-refractivity contribution in [2.24, 2.45) is 0 Å². The minimum atomic E-state index is -0.361. The van der Waals surface area contributed by atoms with Crippen LogP contribution >= 0.6 is 0 Å². The Labute approximate surface area is 199 Å². The van der Waals surface area contributed by atoms with Crippen molar-refractivity contribution in [2.75, 3.05) is 39.2 Å². The third-order valence-electron chi connectivity index (χ3n) is 6.62. The Morgan fingerprint density at radius 1 is 1.00 bits per heavy atom. The number of benzene rings is 2. The highest BCUT2D eigenvalue weighted by Crippen LogP contribution is 2.36. The fraction of sp³-hybridized carbons (Fsp3) is 0.423. The lowest BCUT2D eigenvalue weighted by Crippen LogP contribution is -2.40. The minimum Gasteiger partial charge on any atom is -0.493 e. The van der Waals surface area contributed by atoms with E-state index in [0.29, 0.717) is 42.4 Å². The van der Waals surface area contributed by atoms with Crippen LogP contribution in [0.5, 0.6) is 11.5 Å². The Balaban J connectivity index is 1.63. The van der Waals surface area contributed by atoms with Crippen LogP contribution in [0.25, 0.3) is 0 Å². The number of anilines is 1. The van der Waals surface area contributed by atoms with Crippen molar-refractivity contribution in [2.45, 2.75) is 38.6 Å². The molecular formula is C26H31N3O5. The summed E-state index contributed by atoms with van der Waals surface area (Å²) in [5.41, 5.74) is 2.87. The van der Waals surface area contributed by atoms with E-state index in [2.05, 4.69) is 5.32 Å². The van der Waals surface area contributed by atoms with Gasteiger partial charge in [0.05, 0.1) is 37.9 Å². The first-order valence-electron chi connectivity index (χ1n) is 11.6. The van der Waals surface area contributed by atoms with Gasteiger partial charge in [-0.05, 0) is 36.5 Å². The summed E-state index contributed by atoms with van der Waals surface area (Å²) < 4.78 is 10.8. The molecule has 0 bridgehead atoms. The molecule has 1 saturated heterocycles. The fourth-order valence-corrected chi connectivity index (χ4v) is 4.88.